The molecule has 1 aliphatic heterocycles. The van der Waals surface area contributed by atoms with Crippen LogP contribution in [0.15, 0.2) is 47.4 Å². The molecule has 132 valence electrons. The highest BCUT2D eigenvalue weighted by Gasteiger charge is 2.19. The molecule has 2 aromatic rings. The van der Waals surface area contributed by atoms with Gasteiger partial charge in [-0.1, -0.05) is 17.7 Å². The van der Waals surface area contributed by atoms with Crippen molar-refractivity contribution in [1.82, 2.24) is 0 Å². The predicted molar refractivity (Wildman–Crippen MR) is 103 cm³/mol. The minimum absolute atomic E-state index is 0.174. The third-order valence-corrected chi connectivity index (χ3v) is 5.38. The van der Waals surface area contributed by atoms with Gasteiger partial charge in [0.25, 0.3) is 0 Å². The van der Waals surface area contributed by atoms with Gasteiger partial charge in [0.2, 0.25) is 5.91 Å². The van der Waals surface area contributed by atoms with Gasteiger partial charge in [0.1, 0.15) is 11.5 Å². The molecule has 1 saturated heterocycles. The fraction of sp³-hybridized carbons (Fsp3) is 0.316. The Hall–Kier alpha value is -1.72. The highest BCUT2D eigenvalue weighted by Crippen LogP contribution is 2.31. The van der Waals surface area contributed by atoms with E-state index in [1.165, 1.54) is 6.07 Å². The maximum absolute atomic E-state index is 14.2. The molecular weight excluding hydrogens is 359 g/mol. The summed E-state index contributed by atoms with van der Waals surface area (Å²) in [4.78, 5) is 15.4. The van der Waals surface area contributed by atoms with Crippen LogP contribution in [0.3, 0.4) is 0 Å². The van der Waals surface area contributed by atoms with E-state index in [2.05, 4.69) is 10.2 Å². The van der Waals surface area contributed by atoms with E-state index in [0.29, 0.717) is 22.9 Å². The standard InChI is InChI=1S/C19H20ClFN2OS/c20-14-6-8-15(9-7-14)25-13-10-18(24)22-19-16(21)4-3-5-17(19)23-11-1-2-12-23/h3-9H,1-2,10-13H2,(H,22,24). The van der Waals surface area contributed by atoms with Gasteiger partial charge in [0, 0.05) is 35.2 Å². The van der Waals surface area contributed by atoms with Crippen molar-refractivity contribution in [2.75, 3.05) is 29.1 Å². The van der Waals surface area contributed by atoms with Crippen LogP contribution >= 0.6 is 23.4 Å². The monoisotopic (exact) mass is 378 g/mol. The lowest BCUT2D eigenvalue weighted by atomic mass is 10.2. The fourth-order valence-electron chi connectivity index (χ4n) is 2.85. The molecule has 2 aromatic carbocycles. The molecule has 3 rings (SSSR count). The van der Waals surface area contributed by atoms with Crippen molar-refractivity contribution in [1.29, 1.82) is 0 Å². The number of hydrogen-bond acceptors (Lipinski definition) is 3. The lowest BCUT2D eigenvalue weighted by molar-refractivity contribution is -0.115. The van der Waals surface area contributed by atoms with Crippen LogP contribution in [0.2, 0.25) is 5.02 Å². The first-order valence-electron chi connectivity index (χ1n) is 8.35. The molecule has 3 nitrogen and oxygen atoms in total. The van der Waals surface area contributed by atoms with Crippen molar-refractivity contribution in [3.05, 3.63) is 53.3 Å². The zero-order valence-corrected chi connectivity index (χ0v) is 15.4. The highest BCUT2D eigenvalue weighted by molar-refractivity contribution is 7.99. The van der Waals surface area contributed by atoms with Gasteiger partial charge in [0.05, 0.1) is 5.69 Å². The van der Waals surface area contributed by atoms with E-state index in [1.807, 2.05) is 30.3 Å². The molecule has 1 fully saturated rings. The molecule has 0 aromatic heterocycles. The van der Waals surface area contributed by atoms with Crippen molar-refractivity contribution >= 4 is 40.6 Å². The van der Waals surface area contributed by atoms with E-state index in [0.717, 1.165) is 36.5 Å². The maximum atomic E-state index is 14.2. The minimum Gasteiger partial charge on any atom is -0.370 e. The lowest BCUT2D eigenvalue weighted by Crippen LogP contribution is -2.22. The predicted octanol–water partition coefficient (Wildman–Crippen LogP) is 5.20. The van der Waals surface area contributed by atoms with E-state index in [-0.39, 0.29) is 11.7 Å². The summed E-state index contributed by atoms with van der Waals surface area (Å²) in [6, 6.07) is 12.4. The summed E-state index contributed by atoms with van der Waals surface area (Å²) in [6.07, 6.45) is 2.52. The maximum Gasteiger partial charge on any atom is 0.225 e. The Labute approximate surface area is 156 Å². The minimum atomic E-state index is -0.386. The number of halogens is 2. The summed E-state index contributed by atoms with van der Waals surface area (Å²) in [5.41, 5.74) is 1.07. The van der Waals surface area contributed by atoms with Gasteiger partial charge in [-0.15, -0.1) is 11.8 Å². The summed E-state index contributed by atoms with van der Waals surface area (Å²) in [6.45, 7) is 1.80. The molecule has 25 heavy (non-hydrogen) atoms. The molecule has 1 heterocycles. The Bertz CT molecular complexity index is 733. The van der Waals surface area contributed by atoms with Gasteiger partial charge in [-0.05, 0) is 49.2 Å². The molecule has 1 aliphatic rings. The first kappa shape index (κ1) is 18.1. The van der Waals surface area contributed by atoms with E-state index >= 15 is 0 Å². The third kappa shape index (κ3) is 4.89. The van der Waals surface area contributed by atoms with Crippen molar-refractivity contribution in [3.8, 4) is 0 Å². The largest absolute Gasteiger partial charge is 0.370 e. The quantitative estimate of drug-likeness (QED) is 0.701. The topological polar surface area (TPSA) is 32.3 Å². The Balaban J connectivity index is 1.58. The molecule has 0 radical (unpaired) electrons. The fourth-order valence-corrected chi connectivity index (χ4v) is 3.83. The molecule has 1 amide bonds. The van der Waals surface area contributed by atoms with E-state index in [4.69, 9.17) is 11.6 Å². The number of thioether (sulfide) groups is 1. The molecule has 0 aliphatic carbocycles. The van der Waals surface area contributed by atoms with Gasteiger partial charge in [-0.25, -0.2) is 4.39 Å². The first-order valence-corrected chi connectivity index (χ1v) is 9.71. The van der Waals surface area contributed by atoms with Crippen molar-refractivity contribution in [2.24, 2.45) is 0 Å². The number of para-hydroxylation sites is 1. The second-order valence-corrected chi connectivity index (χ2v) is 7.53. The number of rotatable bonds is 6. The number of benzene rings is 2. The average molecular weight is 379 g/mol. The number of nitrogens with zero attached hydrogens (tertiary/aromatic N) is 1. The second kappa shape index (κ2) is 8.59. The molecule has 0 bridgehead atoms. The van der Waals surface area contributed by atoms with Gasteiger partial charge in [0.15, 0.2) is 0 Å². The van der Waals surface area contributed by atoms with E-state index < -0.39 is 0 Å². The van der Waals surface area contributed by atoms with Crippen molar-refractivity contribution in [3.63, 3.8) is 0 Å². The zero-order valence-electron chi connectivity index (χ0n) is 13.8. The third-order valence-electron chi connectivity index (χ3n) is 4.11. The number of carbonyl (C=O) groups is 1. The Morgan fingerprint density at radius 2 is 1.88 bits per heavy atom. The number of nitrogens with one attached hydrogen (secondary N) is 1. The van der Waals surface area contributed by atoms with Crippen LogP contribution < -0.4 is 10.2 Å². The molecule has 0 saturated carbocycles. The molecule has 0 unspecified atom stereocenters. The number of anilines is 2. The van der Waals surface area contributed by atoms with Gasteiger partial charge in [-0.3, -0.25) is 4.79 Å². The molecule has 0 spiro atoms. The van der Waals surface area contributed by atoms with Gasteiger partial charge in [-0.2, -0.15) is 0 Å². The SMILES string of the molecule is O=C(CCSc1ccc(Cl)cc1)Nc1c(F)cccc1N1CCCC1. The summed E-state index contributed by atoms with van der Waals surface area (Å²) >= 11 is 7.44. The molecule has 6 heteroatoms. The first-order chi connectivity index (χ1) is 12.1. The summed E-state index contributed by atoms with van der Waals surface area (Å²) in [5.74, 6) is 0.0659. The van der Waals surface area contributed by atoms with Crippen LogP contribution in [-0.4, -0.2) is 24.7 Å². The Morgan fingerprint density at radius 1 is 1.16 bits per heavy atom. The molecule has 1 N–H and O–H groups in total. The van der Waals surface area contributed by atoms with Crippen LogP contribution in [0.25, 0.3) is 0 Å². The lowest BCUT2D eigenvalue weighted by Gasteiger charge is -2.22. The second-order valence-electron chi connectivity index (χ2n) is 5.93. The number of carbonyl (C=O) groups excluding carboxylic acids is 1. The number of amides is 1. The highest BCUT2D eigenvalue weighted by atomic mass is 35.5. The van der Waals surface area contributed by atoms with Gasteiger partial charge >= 0.3 is 0 Å². The summed E-state index contributed by atoms with van der Waals surface area (Å²) in [7, 11) is 0. The molecule has 0 atom stereocenters. The summed E-state index contributed by atoms with van der Waals surface area (Å²) < 4.78 is 14.2. The summed E-state index contributed by atoms with van der Waals surface area (Å²) in [5, 5.41) is 3.45. The number of hydrogen-bond donors (Lipinski definition) is 1. The van der Waals surface area contributed by atoms with Crippen LogP contribution in [0.4, 0.5) is 15.8 Å². The smallest absolute Gasteiger partial charge is 0.225 e. The average Bonchev–Trinajstić information content (AvgIpc) is 3.13. The van der Waals surface area contributed by atoms with E-state index in [9.17, 15) is 9.18 Å². The molecular formula is C19H20ClFN2OS. The van der Waals surface area contributed by atoms with Crippen LogP contribution in [0, 0.1) is 5.82 Å². The Kier molecular flexibility index (Phi) is 6.21. The van der Waals surface area contributed by atoms with E-state index in [1.54, 1.807) is 17.8 Å². The van der Waals surface area contributed by atoms with Crippen LogP contribution in [-0.2, 0) is 4.79 Å². The Morgan fingerprint density at radius 3 is 2.60 bits per heavy atom. The van der Waals surface area contributed by atoms with Crippen molar-refractivity contribution in [2.45, 2.75) is 24.2 Å². The zero-order chi connectivity index (χ0) is 17.6. The van der Waals surface area contributed by atoms with Crippen LogP contribution in [0.5, 0.6) is 0 Å². The normalized spacial score (nSPS) is 13.9. The van der Waals surface area contributed by atoms with Crippen LogP contribution in [0.1, 0.15) is 19.3 Å². The van der Waals surface area contributed by atoms with Gasteiger partial charge < -0.3 is 10.2 Å². The van der Waals surface area contributed by atoms with Crippen molar-refractivity contribution < 1.29 is 9.18 Å².